The molecule has 1 amide bonds. The fourth-order valence-corrected chi connectivity index (χ4v) is 2.38. The summed E-state index contributed by atoms with van der Waals surface area (Å²) in [5.74, 6) is -0.965. The molecule has 1 aromatic carbocycles. The Balaban J connectivity index is 1.80. The summed E-state index contributed by atoms with van der Waals surface area (Å²) in [7, 11) is 0. The predicted octanol–water partition coefficient (Wildman–Crippen LogP) is 4.06. The van der Waals surface area contributed by atoms with E-state index in [0.717, 1.165) is 16.6 Å². The number of rotatable bonds is 4. The number of hydrogen-bond donors (Lipinski definition) is 2. The molecule has 0 unspecified atom stereocenters. The molecule has 3 rings (SSSR count). The number of nitrogens with zero attached hydrogens (tertiary/aromatic N) is 1. The predicted molar refractivity (Wildman–Crippen MR) is 86.8 cm³/mol. The Labute approximate surface area is 140 Å². The van der Waals surface area contributed by atoms with Crippen LogP contribution in [0.15, 0.2) is 42.6 Å². The molecule has 3 aromatic rings. The van der Waals surface area contributed by atoms with Crippen LogP contribution in [0.3, 0.4) is 0 Å². The van der Waals surface area contributed by atoms with Gasteiger partial charge in [-0.2, -0.15) is 13.2 Å². The number of amides is 1. The Morgan fingerprint density at radius 3 is 2.84 bits per heavy atom. The van der Waals surface area contributed by atoms with Gasteiger partial charge in [0.2, 0.25) is 5.88 Å². The molecule has 0 fully saturated rings. The third-order valence-corrected chi connectivity index (χ3v) is 3.40. The number of aromatic amines is 1. The van der Waals surface area contributed by atoms with E-state index in [1.54, 1.807) is 12.1 Å². The van der Waals surface area contributed by atoms with Crippen molar-refractivity contribution in [3.8, 4) is 5.88 Å². The van der Waals surface area contributed by atoms with Crippen LogP contribution in [0.1, 0.15) is 16.1 Å². The second-order valence-electron chi connectivity index (χ2n) is 5.47. The van der Waals surface area contributed by atoms with Gasteiger partial charge in [0.1, 0.15) is 5.56 Å². The highest BCUT2D eigenvalue weighted by molar-refractivity contribution is 6.06. The number of aryl methyl sites for hydroxylation is 1. The lowest BCUT2D eigenvalue weighted by atomic mass is 10.2. The summed E-state index contributed by atoms with van der Waals surface area (Å²) in [6.45, 7) is 0.400. The first-order valence-corrected chi connectivity index (χ1v) is 7.37. The van der Waals surface area contributed by atoms with Crippen molar-refractivity contribution in [1.82, 2.24) is 9.97 Å². The first-order chi connectivity index (χ1) is 11.8. The first-order valence-electron chi connectivity index (χ1n) is 7.37. The average molecular weight is 349 g/mol. The van der Waals surface area contributed by atoms with Crippen LogP contribution in [0.2, 0.25) is 0 Å². The SMILES string of the molecule is Cc1cc2cc(NC(=O)c3cccnc3OCC(F)(F)F)ccc2[nH]1. The highest BCUT2D eigenvalue weighted by Gasteiger charge is 2.29. The summed E-state index contributed by atoms with van der Waals surface area (Å²) in [6, 6.07) is 10.0. The van der Waals surface area contributed by atoms with Crippen LogP contribution in [-0.4, -0.2) is 28.7 Å². The second-order valence-corrected chi connectivity index (χ2v) is 5.47. The van der Waals surface area contributed by atoms with Gasteiger partial charge < -0.3 is 15.0 Å². The Bertz CT molecular complexity index is 919. The molecule has 8 heteroatoms. The number of carbonyl (C=O) groups excluding carboxylic acids is 1. The van der Waals surface area contributed by atoms with Crippen LogP contribution in [0.5, 0.6) is 5.88 Å². The molecule has 0 radical (unpaired) electrons. The molecule has 5 nitrogen and oxygen atoms in total. The third kappa shape index (κ3) is 4.09. The molecule has 2 N–H and O–H groups in total. The van der Waals surface area contributed by atoms with E-state index < -0.39 is 18.7 Å². The van der Waals surface area contributed by atoms with Gasteiger partial charge in [-0.3, -0.25) is 4.79 Å². The van der Waals surface area contributed by atoms with Crippen molar-refractivity contribution in [1.29, 1.82) is 0 Å². The minimum atomic E-state index is -4.51. The number of anilines is 1. The lowest BCUT2D eigenvalue weighted by Gasteiger charge is -2.12. The minimum Gasteiger partial charge on any atom is -0.467 e. The highest BCUT2D eigenvalue weighted by atomic mass is 19.4. The molecule has 130 valence electrons. The summed E-state index contributed by atoms with van der Waals surface area (Å²) in [5, 5.41) is 3.56. The van der Waals surface area contributed by atoms with Gasteiger partial charge in [-0.1, -0.05) is 0 Å². The van der Waals surface area contributed by atoms with E-state index in [9.17, 15) is 18.0 Å². The molecule has 2 heterocycles. The average Bonchev–Trinajstić information content (AvgIpc) is 2.92. The normalized spacial score (nSPS) is 11.5. The van der Waals surface area contributed by atoms with Crippen LogP contribution < -0.4 is 10.1 Å². The van der Waals surface area contributed by atoms with Crippen LogP contribution in [0.4, 0.5) is 18.9 Å². The number of carbonyl (C=O) groups is 1. The lowest BCUT2D eigenvalue weighted by molar-refractivity contribution is -0.154. The van der Waals surface area contributed by atoms with Crippen molar-refractivity contribution < 1.29 is 22.7 Å². The van der Waals surface area contributed by atoms with Crippen molar-refractivity contribution in [3.05, 3.63) is 53.9 Å². The molecule has 0 aliphatic carbocycles. The Kier molecular flexibility index (Phi) is 4.35. The van der Waals surface area contributed by atoms with Crippen molar-refractivity contribution in [2.24, 2.45) is 0 Å². The van der Waals surface area contributed by atoms with Crippen LogP contribution >= 0.6 is 0 Å². The number of halogens is 3. The first kappa shape index (κ1) is 16.8. The number of hydrogen-bond acceptors (Lipinski definition) is 3. The molecule has 0 aliphatic heterocycles. The topological polar surface area (TPSA) is 67.0 Å². The summed E-state index contributed by atoms with van der Waals surface area (Å²) in [6.07, 6.45) is -3.25. The smallest absolute Gasteiger partial charge is 0.422 e. The molecule has 0 bridgehead atoms. The zero-order valence-corrected chi connectivity index (χ0v) is 13.1. The summed E-state index contributed by atoms with van der Waals surface area (Å²) in [4.78, 5) is 19.3. The van der Waals surface area contributed by atoms with Gasteiger partial charge in [0.05, 0.1) is 0 Å². The maximum absolute atomic E-state index is 12.4. The third-order valence-electron chi connectivity index (χ3n) is 3.40. The van der Waals surface area contributed by atoms with E-state index in [2.05, 4.69) is 20.0 Å². The van der Waals surface area contributed by atoms with Gasteiger partial charge in [0, 0.05) is 28.5 Å². The van der Waals surface area contributed by atoms with E-state index in [4.69, 9.17) is 0 Å². The fraction of sp³-hybridized carbons (Fsp3) is 0.176. The van der Waals surface area contributed by atoms with Crippen molar-refractivity contribution in [2.75, 3.05) is 11.9 Å². The minimum absolute atomic E-state index is 0.0721. The Morgan fingerprint density at radius 1 is 1.28 bits per heavy atom. The molecule has 25 heavy (non-hydrogen) atoms. The molecular formula is C17H14F3N3O2. The van der Waals surface area contributed by atoms with E-state index in [-0.39, 0.29) is 11.4 Å². The fourth-order valence-electron chi connectivity index (χ4n) is 2.38. The molecule has 0 saturated heterocycles. The number of H-pyrrole nitrogens is 1. The summed E-state index contributed by atoms with van der Waals surface area (Å²) >= 11 is 0. The molecular weight excluding hydrogens is 335 g/mol. The number of benzene rings is 1. The number of ether oxygens (including phenoxy) is 1. The molecule has 0 aliphatic rings. The van der Waals surface area contributed by atoms with Crippen molar-refractivity contribution in [3.63, 3.8) is 0 Å². The van der Waals surface area contributed by atoms with Gasteiger partial charge in [0.25, 0.3) is 5.91 Å². The summed E-state index contributed by atoms with van der Waals surface area (Å²) in [5.41, 5.74) is 2.35. The van der Waals surface area contributed by atoms with Crippen molar-refractivity contribution >= 4 is 22.5 Å². The Morgan fingerprint density at radius 2 is 2.08 bits per heavy atom. The van der Waals surface area contributed by atoms with Gasteiger partial charge in [-0.15, -0.1) is 0 Å². The lowest BCUT2D eigenvalue weighted by Crippen LogP contribution is -2.21. The van der Waals surface area contributed by atoms with Gasteiger partial charge in [-0.05, 0) is 43.3 Å². The van der Waals surface area contributed by atoms with E-state index >= 15 is 0 Å². The van der Waals surface area contributed by atoms with Gasteiger partial charge in [-0.25, -0.2) is 4.98 Å². The van der Waals surface area contributed by atoms with Crippen LogP contribution in [0.25, 0.3) is 10.9 Å². The monoisotopic (exact) mass is 349 g/mol. The van der Waals surface area contributed by atoms with Crippen LogP contribution in [-0.2, 0) is 0 Å². The molecule has 2 aromatic heterocycles. The number of pyridine rings is 1. The maximum atomic E-state index is 12.4. The molecule has 0 atom stereocenters. The zero-order chi connectivity index (χ0) is 18.0. The van der Waals surface area contributed by atoms with Crippen LogP contribution in [0, 0.1) is 6.92 Å². The Hall–Kier alpha value is -3.03. The maximum Gasteiger partial charge on any atom is 0.422 e. The van der Waals surface area contributed by atoms with Gasteiger partial charge >= 0.3 is 6.18 Å². The van der Waals surface area contributed by atoms with E-state index in [0.29, 0.717) is 5.69 Å². The molecule has 0 saturated carbocycles. The quantitative estimate of drug-likeness (QED) is 0.746. The van der Waals surface area contributed by atoms with Gasteiger partial charge in [0.15, 0.2) is 6.61 Å². The molecule has 0 spiro atoms. The highest BCUT2D eigenvalue weighted by Crippen LogP contribution is 2.23. The number of fused-ring (bicyclic) bond motifs is 1. The summed E-state index contributed by atoms with van der Waals surface area (Å²) < 4.78 is 41.6. The number of aromatic nitrogens is 2. The van der Waals surface area contributed by atoms with E-state index in [1.807, 2.05) is 19.1 Å². The van der Waals surface area contributed by atoms with Crippen molar-refractivity contribution in [2.45, 2.75) is 13.1 Å². The van der Waals surface area contributed by atoms with E-state index in [1.165, 1.54) is 18.3 Å². The largest absolute Gasteiger partial charge is 0.467 e. The standard InChI is InChI=1S/C17H14F3N3O2/c1-10-7-11-8-12(4-5-14(11)22-10)23-15(24)13-3-2-6-21-16(13)25-9-17(18,19)20/h2-8,22H,9H2,1H3,(H,23,24). The number of alkyl halides is 3. The zero-order valence-electron chi connectivity index (χ0n) is 13.1. The number of nitrogens with one attached hydrogen (secondary N) is 2. The second kappa shape index (κ2) is 6.46.